The zero-order valence-corrected chi connectivity index (χ0v) is 15.7. The molecule has 4 rings (SSSR count). The van der Waals surface area contributed by atoms with Gasteiger partial charge in [-0.05, 0) is 60.7 Å². The number of ether oxygens (including phenoxy) is 2. The molecule has 0 aromatic heterocycles. The summed E-state index contributed by atoms with van der Waals surface area (Å²) in [5, 5.41) is 2.97. The number of hydrogen-bond acceptors (Lipinski definition) is 4. The zero-order valence-electron chi connectivity index (χ0n) is 15.7. The van der Waals surface area contributed by atoms with Crippen molar-refractivity contribution in [2.45, 2.75) is 32.9 Å². The molecule has 0 spiro atoms. The van der Waals surface area contributed by atoms with Crippen molar-refractivity contribution in [1.82, 2.24) is 10.2 Å². The van der Waals surface area contributed by atoms with Gasteiger partial charge < -0.3 is 14.8 Å². The van der Waals surface area contributed by atoms with Gasteiger partial charge in [-0.25, -0.2) is 0 Å². The first-order valence-corrected chi connectivity index (χ1v) is 9.65. The Labute approximate surface area is 160 Å². The summed E-state index contributed by atoms with van der Waals surface area (Å²) in [6.07, 6.45) is 2.61. The van der Waals surface area contributed by atoms with Gasteiger partial charge in [0.05, 0.1) is 0 Å². The minimum atomic E-state index is -0.0641. The van der Waals surface area contributed by atoms with E-state index in [9.17, 15) is 4.79 Å². The molecule has 0 aliphatic carbocycles. The van der Waals surface area contributed by atoms with Crippen LogP contribution in [0.3, 0.4) is 0 Å². The van der Waals surface area contributed by atoms with E-state index in [0.717, 1.165) is 36.1 Å². The second kappa shape index (κ2) is 8.01. The molecule has 2 aliphatic rings. The molecule has 27 heavy (non-hydrogen) atoms. The van der Waals surface area contributed by atoms with Crippen molar-refractivity contribution >= 4 is 5.91 Å². The molecule has 2 aromatic carbocycles. The molecular formula is C22H26N2O3. The van der Waals surface area contributed by atoms with Crippen LogP contribution in [0, 0.1) is 5.92 Å². The van der Waals surface area contributed by atoms with Gasteiger partial charge in [-0.1, -0.05) is 25.1 Å². The summed E-state index contributed by atoms with van der Waals surface area (Å²) in [4.78, 5) is 14.9. The normalized spacial score (nSPS) is 19.1. The van der Waals surface area contributed by atoms with Crippen LogP contribution in [0.1, 0.15) is 41.3 Å². The average Bonchev–Trinajstić information content (AvgIpc) is 3.14. The number of piperidine rings is 1. The molecule has 1 N–H and O–H groups in total. The Kier molecular flexibility index (Phi) is 5.30. The van der Waals surface area contributed by atoms with Crippen LogP contribution >= 0.6 is 0 Å². The highest BCUT2D eigenvalue weighted by molar-refractivity contribution is 5.94. The highest BCUT2D eigenvalue weighted by Gasteiger charge is 2.17. The van der Waals surface area contributed by atoms with Gasteiger partial charge >= 0.3 is 0 Å². The monoisotopic (exact) mass is 366 g/mol. The van der Waals surface area contributed by atoms with E-state index in [1.54, 1.807) is 0 Å². The third-order valence-electron chi connectivity index (χ3n) is 5.25. The van der Waals surface area contributed by atoms with Crippen LogP contribution in [-0.2, 0) is 13.1 Å². The third-order valence-corrected chi connectivity index (χ3v) is 5.25. The predicted molar refractivity (Wildman–Crippen MR) is 104 cm³/mol. The van der Waals surface area contributed by atoms with Gasteiger partial charge in [0, 0.05) is 25.2 Å². The molecule has 5 nitrogen and oxygen atoms in total. The molecule has 2 aromatic rings. The van der Waals surface area contributed by atoms with Gasteiger partial charge in [0.15, 0.2) is 11.5 Å². The van der Waals surface area contributed by atoms with Crippen LogP contribution in [-0.4, -0.2) is 30.7 Å². The average molecular weight is 366 g/mol. The lowest BCUT2D eigenvalue weighted by molar-refractivity contribution is 0.0951. The number of nitrogens with one attached hydrogen (secondary N) is 1. The number of amides is 1. The number of fused-ring (bicyclic) bond motifs is 1. The van der Waals surface area contributed by atoms with Gasteiger partial charge in [0.2, 0.25) is 6.79 Å². The van der Waals surface area contributed by atoms with Crippen LogP contribution in [0.2, 0.25) is 0 Å². The number of likely N-dealkylation sites (tertiary alicyclic amines) is 1. The van der Waals surface area contributed by atoms with Crippen LogP contribution in [0.4, 0.5) is 0 Å². The highest BCUT2D eigenvalue weighted by atomic mass is 16.7. The molecule has 1 fully saturated rings. The van der Waals surface area contributed by atoms with Gasteiger partial charge in [-0.3, -0.25) is 9.69 Å². The maximum Gasteiger partial charge on any atom is 0.251 e. The Morgan fingerprint density at radius 2 is 1.89 bits per heavy atom. The van der Waals surface area contributed by atoms with Crippen molar-refractivity contribution in [3.8, 4) is 11.5 Å². The molecule has 5 heteroatoms. The van der Waals surface area contributed by atoms with E-state index in [0.29, 0.717) is 12.1 Å². The lowest BCUT2D eigenvalue weighted by Crippen LogP contribution is -2.33. The van der Waals surface area contributed by atoms with Crippen LogP contribution in [0.25, 0.3) is 0 Å². The number of carbonyl (C=O) groups is 1. The number of hydrogen-bond donors (Lipinski definition) is 1. The molecule has 0 saturated carbocycles. The molecule has 0 radical (unpaired) electrons. The van der Waals surface area contributed by atoms with Gasteiger partial charge in [-0.15, -0.1) is 0 Å². The fourth-order valence-corrected chi connectivity index (χ4v) is 3.79. The van der Waals surface area contributed by atoms with E-state index < -0.39 is 0 Å². The minimum absolute atomic E-state index is 0.0641. The largest absolute Gasteiger partial charge is 0.454 e. The fourth-order valence-electron chi connectivity index (χ4n) is 3.79. The van der Waals surface area contributed by atoms with Crippen molar-refractivity contribution in [2.75, 3.05) is 19.9 Å². The highest BCUT2D eigenvalue weighted by Crippen LogP contribution is 2.32. The number of rotatable bonds is 5. The summed E-state index contributed by atoms with van der Waals surface area (Å²) in [5.74, 6) is 2.20. The van der Waals surface area contributed by atoms with Crippen molar-refractivity contribution in [1.29, 1.82) is 0 Å². The quantitative estimate of drug-likeness (QED) is 0.879. The number of carbonyl (C=O) groups excluding carboxylic acids is 1. The first-order chi connectivity index (χ1) is 13.2. The van der Waals surface area contributed by atoms with Gasteiger partial charge in [0.25, 0.3) is 5.91 Å². The topological polar surface area (TPSA) is 50.8 Å². The fraction of sp³-hybridized carbons (Fsp3) is 0.409. The third kappa shape index (κ3) is 4.42. The van der Waals surface area contributed by atoms with E-state index >= 15 is 0 Å². The minimum Gasteiger partial charge on any atom is -0.454 e. The van der Waals surface area contributed by atoms with Crippen molar-refractivity contribution in [3.05, 3.63) is 59.2 Å². The second-order valence-corrected chi connectivity index (χ2v) is 7.55. The first-order valence-electron chi connectivity index (χ1n) is 9.65. The standard InChI is InChI=1S/C22H26N2O3/c1-16-3-2-10-24(13-16)14-17-4-7-19(8-5-17)22(25)23-12-18-6-9-20-21(11-18)27-15-26-20/h4-9,11,16H,2-3,10,12-15H2,1H3,(H,23,25)/t16-/m1/s1. The summed E-state index contributed by atoms with van der Waals surface area (Å²) in [7, 11) is 0. The smallest absolute Gasteiger partial charge is 0.251 e. The molecule has 2 heterocycles. The van der Waals surface area contributed by atoms with Crippen molar-refractivity contribution in [3.63, 3.8) is 0 Å². The lowest BCUT2D eigenvalue weighted by atomic mass is 9.99. The number of nitrogens with zero attached hydrogens (tertiary/aromatic N) is 1. The SMILES string of the molecule is C[C@@H]1CCCN(Cc2ccc(C(=O)NCc3ccc4c(c3)OCO4)cc2)C1. The Morgan fingerprint density at radius 1 is 1.11 bits per heavy atom. The Bertz CT molecular complexity index is 804. The van der Waals surface area contributed by atoms with Crippen molar-refractivity contribution in [2.24, 2.45) is 5.92 Å². The van der Waals surface area contributed by atoms with Gasteiger partial charge in [-0.2, -0.15) is 0 Å². The molecule has 0 bridgehead atoms. The first kappa shape index (κ1) is 17.9. The molecular weight excluding hydrogens is 340 g/mol. The predicted octanol–water partition coefficient (Wildman–Crippen LogP) is 3.58. The molecule has 1 saturated heterocycles. The maximum absolute atomic E-state index is 12.4. The Balaban J connectivity index is 1.31. The van der Waals surface area contributed by atoms with Crippen LogP contribution < -0.4 is 14.8 Å². The summed E-state index contributed by atoms with van der Waals surface area (Å²) >= 11 is 0. The zero-order chi connectivity index (χ0) is 18.6. The summed E-state index contributed by atoms with van der Waals surface area (Å²) in [6, 6.07) is 13.7. The molecule has 1 atom stereocenters. The van der Waals surface area contributed by atoms with E-state index in [1.165, 1.54) is 24.9 Å². The summed E-state index contributed by atoms with van der Waals surface area (Å²) < 4.78 is 10.7. The summed E-state index contributed by atoms with van der Waals surface area (Å²) in [6.45, 7) is 6.33. The molecule has 1 amide bonds. The lowest BCUT2D eigenvalue weighted by Gasteiger charge is -2.30. The van der Waals surface area contributed by atoms with Crippen LogP contribution in [0.5, 0.6) is 11.5 Å². The van der Waals surface area contributed by atoms with E-state index in [1.807, 2.05) is 30.3 Å². The van der Waals surface area contributed by atoms with E-state index in [4.69, 9.17) is 9.47 Å². The van der Waals surface area contributed by atoms with Crippen molar-refractivity contribution < 1.29 is 14.3 Å². The Hall–Kier alpha value is -2.53. The molecule has 2 aliphatic heterocycles. The number of benzene rings is 2. The Morgan fingerprint density at radius 3 is 2.70 bits per heavy atom. The van der Waals surface area contributed by atoms with E-state index in [2.05, 4.69) is 29.3 Å². The van der Waals surface area contributed by atoms with Gasteiger partial charge in [0.1, 0.15) is 0 Å². The molecule has 142 valence electrons. The summed E-state index contributed by atoms with van der Waals surface area (Å²) in [5.41, 5.74) is 2.94. The molecule has 0 unspecified atom stereocenters. The van der Waals surface area contributed by atoms with Crippen LogP contribution in [0.15, 0.2) is 42.5 Å². The maximum atomic E-state index is 12.4. The van der Waals surface area contributed by atoms with E-state index in [-0.39, 0.29) is 12.7 Å². The second-order valence-electron chi connectivity index (χ2n) is 7.55.